The molecule has 0 aromatic heterocycles. The summed E-state index contributed by atoms with van der Waals surface area (Å²) in [6, 6.07) is 8.14. The van der Waals surface area contributed by atoms with E-state index in [1.165, 1.54) is 11.3 Å². The first kappa shape index (κ1) is 10.4. The highest BCUT2D eigenvalue weighted by atomic mass is 15.1. The number of nitriles is 1. The van der Waals surface area contributed by atoms with E-state index in [2.05, 4.69) is 29.3 Å². The molecule has 0 aliphatic rings. The molecule has 0 unspecified atom stereocenters. The number of nitrogens with one attached hydrogen (secondary N) is 1. The molecule has 3 nitrogen and oxygen atoms in total. The van der Waals surface area contributed by atoms with Crippen LogP contribution in [0.5, 0.6) is 0 Å². The predicted molar refractivity (Wildman–Crippen MR) is 59.6 cm³/mol. The Labute approximate surface area is 85.0 Å². The topological polar surface area (TPSA) is 39.1 Å². The lowest BCUT2D eigenvalue weighted by Crippen LogP contribution is -2.10. The molecule has 74 valence electrons. The summed E-state index contributed by atoms with van der Waals surface area (Å²) in [7, 11) is 4.02. The van der Waals surface area contributed by atoms with Gasteiger partial charge < -0.3 is 10.2 Å². The first-order valence-corrected chi connectivity index (χ1v) is 4.54. The Morgan fingerprint density at radius 2 is 2.14 bits per heavy atom. The van der Waals surface area contributed by atoms with Crippen molar-refractivity contribution in [1.82, 2.24) is 0 Å². The van der Waals surface area contributed by atoms with Crippen LogP contribution in [0.15, 0.2) is 18.2 Å². The van der Waals surface area contributed by atoms with Gasteiger partial charge in [0.05, 0.1) is 6.07 Å². The van der Waals surface area contributed by atoms with Gasteiger partial charge in [-0.1, -0.05) is 6.07 Å². The maximum absolute atomic E-state index is 8.44. The molecule has 1 aromatic carbocycles. The van der Waals surface area contributed by atoms with E-state index in [0.717, 1.165) is 5.69 Å². The summed E-state index contributed by atoms with van der Waals surface area (Å²) in [5.41, 5.74) is 3.39. The second kappa shape index (κ2) is 4.52. The van der Waals surface area contributed by atoms with E-state index in [1.807, 2.05) is 26.2 Å². The molecule has 1 aromatic rings. The van der Waals surface area contributed by atoms with Crippen LogP contribution in [0, 0.1) is 18.3 Å². The fraction of sp³-hybridized carbons (Fsp3) is 0.364. The summed E-state index contributed by atoms with van der Waals surface area (Å²) in [6.45, 7) is 2.42. The van der Waals surface area contributed by atoms with Crippen molar-refractivity contribution in [3.8, 4) is 6.07 Å². The average Bonchev–Trinajstić information content (AvgIpc) is 2.16. The first-order valence-electron chi connectivity index (χ1n) is 4.54. The summed E-state index contributed by atoms with van der Waals surface area (Å²) in [4.78, 5) is 2.06. The van der Waals surface area contributed by atoms with E-state index in [-0.39, 0.29) is 0 Å². The van der Waals surface area contributed by atoms with Crippen LogP contribution in [0.4, 0.5) is 11.4 Å². The Morgan fingerprint density at radius 1 is 1.43 bits per heavy atom. The largest absolute Gasteiger partial charge is 0.377 e. The van der Waals surface area contributed by atoms with Gasteiger partial charge in [0.15, 0.2) is 0 Å². The van der Waals surface area contributed by atoms with E-state index >= 15 is 0 Å². The second-order valence-corrected chi connectivity index (χ2v) is 3.41. The Balaban J connectivity index is 2.90. The summed E-state index contributed by atoms with van der Waals surface area (Å²) in [5.74, 6) is 0. The highest BCUT2D eigenvalue weighted by Gasteiger charge is 2.01. The summed E-state index contributed by atoms with van der Waals surface area (Å²) in [5, 5.41) is 11.5. The third kappa shape index (κ3) is 2.40. The minimum absolute atomic E-state index is 0.343. The van der Waals surface area contributed by atoms with Crippen LogP contribution in [0.25, 0.3) is 0 Å². The standard InChI is InChI=1S/C11H15N3/c1-9-4-5-10(13-7-6-12)8-11(9)14(2)3/h4-5,8,13H,7H2,1-3H3. The zero-order valence-electron chi connectivity index (χ0n) is 8.83. The minimum Gasteiger partial charge on any atom is -0.377 e. The van der Waals surface area contributed by atoms with Gasteiger partial charge in [-0.3, -0.25) is 0 Å². The molecular weight excluding hydrogens is 174 g/mol. The molecule has 0 amide bonds. The number of anilines is 2. The van der Waals surface area contributed by atoms with Crippen LogP contribution in [0.1, 0.15) is 5.56 Å². The molecule has 0 atom stereocenters. The second-order valence-electron chi connectivity index (χ2n) is 3.41. The van der Waals surface area contributed by atoms with Gasteiger partial charge in [-0.15, -0.1) is 0 Å². The molecule has 0 saturated heterocycles. The van der Waals surface area contributed by atoms with Gasteiger partial charge in [-0.25, -0.2) is 0 Å². The van der Waals surface area contributed by atoms with Crippen molar-refractivity contribution in [1.29, 1.82) is 5.26 Å². The summed E-state index contributed by atoms with van der Waals surface area (Å²) in [6.07, 6.45) is 0. The lowest BCUT2D eigenvalue weighted by Gasteiger charge is -2.16. The van der Waals surface area contributed by atoms with Crippen LogP contribution in [-0.2, 0) is 0 Å². The zero-order chi connectivity index (χ0) is 10.6. The van der Waals surface area contributed by atoms with Crippen LogP contribution in [0.2, 0.25) is 0 Å². The van der Waals surface area contributed by atoms with Gasteiger partial charge in [-0.2, -0.15) is 5.26 Å². The minimum atomic E-state index is 0.343. The Bertz CT molecular complexity index is 350. The molecule has 0 saturated carbocycles. The van der Waals surface area contributed by atoms with Crippen molar-refractivity contribution in [3.05, 3.63) is 23.8 Å². The SMILES string of the molecule is Cc1ccc(NCC#N)cc1N(C)C. The van der Waals surface area contributed by atoms with E-state index in [0.29, 0.717) is 6.54 Å². The van der Waals surface area contributed by atoms with Crippen LogP contribution in [-0.4, -0.2) is 20.6 Å². The average molecular weight is 189 g/mol. The maximum atomic E-state index is 8.44. The van der Waals surface area contributed by atoms with Crippen molar-refractivity contribution in [2.75, 3.05) is 30.9 Å². The van der Waals surface area contributed by atoms with Gasteiger partial charge in [-0.05, 0) is 24.6 Å². The van der Waals surface area contributed by atoms with Crippen molar-refractivity contribution < 1.29 is 0 Å². The van der Waals surface area contributed by atoms with Crippen molar-refractivity contribution in [3.63, 3.8) is 0 Å². The summed E-state index contributed by atoms with van der Waals surface area (Å²) >= 11 is 0. The first-order chi connectivity index (χ1) is 6.65. The molecule has 0 aliphatic carbocycles. The Hall–Kier alpha value is -1.69. The monoisotopic (exact) mass is 189 g/mol. The molecule has 0 fully saturated rings. The smallest absolute Gasteiger partial charge is 0.103 e. The molecule has 1 N–H and O–H groups in total. The van der Waals surface area contributed by atoms with E-state index < -0.39 is 0 Å². The van der Waals surface area contributed by atoms with Gasteiger partial charge in [0.25, 0.3) is 0 Å². The zero-order valence-corrected chi connectivity index (χ0v) is 8.83. The molecule has 14 heavy (non-hydrogen) atoms. The van der Waals surface area contributed by atoms with Gasteiger partial charge in [0, 0.05) is 25.5 Å². The van der Waals surface area contributed by atoms with Crippen molar-refractivity contribution in [2.24, 2.45) is 0 Å². The number of hydrogen-bond acceptors (Lipinski definition) is 3. The Kier molecular flexibility index (Phi) is 3.35. The number of hydrogen-bond donors (Lipinski definition) is 1. The van der Waals surface area contributed by atoms with E-state index in [1.54, 1.807) is 0 Å². The number of rotatable bonds is 3. The van der Waals surface area contributed by atoms with Gasteiger partial charge in [0.1, 0.15) is 6.54 Å². The van der Waals surface area contributed by atoms with Crippen LogP contribution in [0.3, 0.4) is 0 Å². The molecule has 0 radical (unpaired) electrons. The third-order valence-corrected chi connectivity index (χ3v) is 2.06. The number of nitrogens with zero attached hydrogens (tertiary/aromatic N) is 2. The Morgan fingerprint density at radius 3 is 2.71 bits per heavy atom. The fourth-order valence-corrected chi connectivity index (χ4v) is 1.34. The molecule has 0 aliphatic heterocycles. The molecule has 0 heterocycles. The summed E-state index contributed by atoms with van der Waals surface area (Å²) < 4.78 is 0. The third-order valence-electron chi connectivity index (χ3n) is 2.06. The lowest BCUT2D eigenvalue weighted by molar-refractivity contribution is 1.11. The predicted octanol–water partition coefficient (Wildman–Crippen LogP) is 2.00. The quantitative estimate of drug-likeness (QED) is 0.739. The van der Waals surface area contributed by atoms with Crippen LogP contribution < -0.4 is 10.2 Å². The highest BCUT2D eigenvalue weighted by Crippen LogP contribution is 2.22. The van der Waals surface area contributed by atoms with Crippen LogP contribution >= 0.6 is 0 Å². The molecule has 3 heteroatoms. The van der Waals surface area contributed by atoms with Gasteiger partial charge in [0.2, 0.25) is 0 Å². The highest BCUT2D eigenvalue weighted by molar-refractivity contribution is 5.62. The molecule has 0 bridgehead atoms. The maximum Gasteiger partial charge on any atom is 0.103 e. The molecular formula is C11H15N3. The van der Waals surface area contributed by atoms with E-state index in [9.17, 15) is 0 Å². The van der Waals surface area contributed by atoms with Crippen molar-refractivity contribution in [2.45, 2.75) is 6.92 Å². The van der Waals surface area contributed by atoms with Crippen molar-refractivity contribution >= 4 is 11.4 Å². The lowest BCUT2D eigenvalue weighted by atomic mass is 10.1. The number of benzene rings is 1. The van der Waals surface area contributed by atoms with Gasteiger partial charge >= 0.3 is 0 Å². The van der Waals surface area contributed by atoms with E-state index in [4.69, 9.17) is 5.26 Å². The fourth-order valence-electron chi connectivity index (χ4n) is 1.34. The molecule has 1 rings (SSSR count). The molecule has 0 spiro atoms. The number of aryl methyl sites for hydroxylation is 1. The normalized spacial score (nSPS) is 9.29.